The third-order valence-electron chi connectivity index (χ3n) is 5.90. The number of aromatic nitrogens is 4. The highest BCUT2D eigenvalue weighted by Crippen LogP contribution is 2.32. The Bertz CT molecular complexity index is 1290. The smallest absolute Gasteiger partial charge is 0.220 e. The molecule has 3 heterocycles. The van der Waals surface area contributed by atoms with Crippen LogP contribution in [0.3, 0.4) is 0 Å². The number of fused-ring (bicyclic) bond motifs is 1. The van der Waals surface area contributed by atoms with Crippen molar-refractivity contribution in [2.24, 2.45) is 0 Å². The second-order valence-electron chi connectivity index (χ2n) is 8.38. The lowest BCUT2D eigenvalue weighted by molar-refractivity contribution is 0.126. The van der Waals surface area contributed by atoms with Gasteiger partial charge in [0.2, 0.25) is 5.88 Å². The number of β-amino-alcohol motifs (C(OH)–C–C–N with tert-alkyl or cyclic N) is 1. The number of benzene rings is 2. The second-order valence-corrected chi connectivity index (χ2v) is 8.38. The van der Waals surface area contributed by atoms with E-state index in [-0.39, 0.29) is 12.7 Å². The summed E-state index contributed by atoms with van der Waals surface area (Å²) in [7, 11) is 1.63. The maximum absolute atomic E-state index is 9.53. The number of rotatable bonds is 7. The molecule has 0 fully saturated rings. The molecule has 1 atom stereocenters. The Morgan fingerprint density at radius 3 is 2.74 bits per heavy atom. The third kappa shape index (κ3) is 5.11. The van der Waals surface area contributed by atoms with E-state index in [0.717, 1.165) is 22.5 Å². The van der Waals surface area contributed by atoms with Gasteiger partial charge < -0.3 is 19.9 Å². The normalized spacial score (nSPS) is 15.7. The molecule has 0 saturated carbocycles. The van der Waals surface area contributed by atoms with E-state index in [1.807, 2.05) is 55.5 Å². The molecular formula is C26H28N6O3. The van der Waals surface area contributed by atoms with Gasteiger partial charge in [-0.2, -0.15) is 10.1 Å². The number of hydrogen-bond acceptors (Lipinski definition) is 8. The van der Waals surface area contributed by atoms with Gasteiger partial charge in [0.1, 0.15) is 35.5 Å². The lowest BCUT2D eigenvalue weighted by Gasteiger charge is -2.23. The van der Waals surface area contributed by atoms with Crippen molar-refractivity contribution in [3.63, 3.8) is 0 Å². The summed E-state index contributed by atoms with van der Waals surface area (Å²) in [6.07, 6.45) is 1.48. The number of ether oxygens (including phenoxy) is 2. The van der Waals surface area contributed by atoms with E-state index >= 15 is 0 Å². The molecule has 9 heteroatoms. The summed E-state index contributed by atoms with van der Waals surface area (Å²) in [6.45, 7) is 3.84. The van der Waals surface area contributed by atoms with Crippen molar-refractivity contribution in [3.05, 3.63) is 83.9 Å². The minimum absolute atomic E-state index is 0.0932. The lowest BCUT2D eigenvalue weighted by atomic mass is 10.1. The van der Waals surface area contributed by atoms with Crippen LogP contribution in [0.15, 0.2) is 67.0 Å². The van der Waals surface area contributed by atoms with Crippen LogP contribution in [-0.2, 0) is 6.54 Å². The van der Waals surface area contributed by atoms with Crippen LogP contribution in [0, 0.1) is 6.92 Å². The fourth-order valence-corrected chi connectivity index (χ4v) is 4.18. The summed E-state index contributed by atoms with van der Waals surface area (Å²) in [4.78, 5) is 11.2. The van der Waals surface area contributed by atoms with E-state index in [1.54, 1.807) is 18.1 Å². The molecule has 35 heavy (non-hydrogen) atoms. The first kappa shape index (κ1) is 22.8. The Balaban J connectivity index is 1.41. The van der Waals surface area contributed by atoms with Gasteiger partial charge in [0.25, 0.3) is 0 Å². The van der Waals surface area contributed by atoms with Gasteiger partial charge in [-0.1, -0.05) is 30.3 Å². The van der Waals surface area contributed by atoms with Crippen LogP contribution in [0.1, 0.15) is 23.1 Å². The third-order valence-corrected chi connectivity index (χ3v) is 5.90. The van der Waals surface area contributed by atoms with Crippen LogP contribution in [0.2, 0.25) is 0 Å². The molecule has 0 spiro atoms. The minimum Gasteiger partial charge on any atom is -0.494 e. The molecule has 5 rings (SSSR count). The van der Waals surface area contributed by atoms with Gasteiger partial charge in [0.05, 0.1) is 13.7 Å². The van der Waals surface area contributed by atoms with Crippen molar-refractivity contribution in [2.45, 2.75) is 19.6 Å². The Hall–Kier alpha value is -3.95. The standard InChI is InChI=1S/C26H28N6O3/c1-18-27-17-32(30-18)22-10-9-21(14-23(22)34-2)28-25-11-8-20-15-31(12-13-33)16-24(35-26(20)29-25)19-6-4-3-5-7-19/h3-11,14,17,24,33H,12-13,15-16H2,1-2H3,(H,28,29). The van der Waals surface area contributed by atoms with E-state index in [4.69, 9.17) is 14.5 Å². The molecule has 180 valence electrons. The SMILES string of the molecule is COc1cc(Nc2ccc3c(n2)OC(c2ccccc2)CN(CCO)C3)ccc1-n1cnc(C)n1. The molecule has 2 aromatic heterocycles. The molecule has 9 nitrogen and oxygen atoms in total. The van der Waals surface area contributed by atoms with E-state index < -0.39 is 0 Å². The van der Waals surface area contributed by atoms with E-state index in [1.165, 1.54) is 0 Å². The minimum atomic E-state index is -0.183. The van der Waals surface area contributed by atoms with Gasteiger partial charge in [-0.05, 0) is 36.8 Å². The molecule has 1 aliphatic heterocycles. The van der Waals surface area contributed by atoms with Crippen LogP contribution in [-0.4, -0.2) is 56.6 Å². The summed E-state index contributed by atoms with van der Waals surface area (Å²) < 4.78 is 13.7. The van der Waals surface area contributed by atoms with E-state index in [2.05, 4.69) is 32.4 Å². The molecule has 0 radical (unpaired) electrons. The van der Waals surface area contributed by atoms with Crippen molar-refractivity contribution < 1.29 is 14.6 Å². The average molecular weight is 473 g/mol. The number of aryl methyl sites for hydroxylation is 1. The number of nitrogens with one attached hydrogen (secondary N) is 1. The molecule has 4 aromatic rings. The molecular weight excluding hydrogens is 444 g/mol. The van der Waals surface area contributed by atoms with Gasteiger partial charge in [0.15, 0.2) is 0 Å². The summed E-state index contributed by atoms with van der Waals surface area (Å²) in [5, 5.41) is 17.3. The molecule has 1 unspecified atom stereocenters. The molecule has 0 saturated heterocycles. The largest absolute Gasteiger partial charge is 0.494 e. The average Bonchev–Trinajstić information content (AvgIpc) is 3.22. The zero-order valence-electron chi connectivity index (χ0n) is 19.8. The summed E-state index contributed by atoms with van der Waals surface area (Å²) in [5.41, 5.74) is 3.68. The Kier molecular flexibility index (Phi) is 6.60. The van der Waals surface area contributed by atoms with E-state index in [0.29, 0.717) is 42.9 Å². The predicted octanol–water partition coefficient (Wildman–Crippen LogP) is 3.65. The number of aliphatic hydroxyl groups excluding tert-OH is 1. The fourth-order valence-electron chi connectivity index (χ4n) is 4.18. The van der Waals surface area contributed by atoms with Gasteiger partial charge in [-0.25, -0.2) is 9.67 Å². The molecule has 2 N–H and O–H groups in total. The van der Waals surface area contributed by atoms with Crippen LogP contribution in [0.25, 0.3) is 5.69 Å². The van der Waals surface area contributed by atoms with Gasteiger partial charge in [-0.3, -0.25) is 4.90 Å². The van der Waals surface area contributed by atoms with E-state index in [9.17, 15) is 5.11 Å². The van der Waals surface area contributed by atoms with Crippen molar-refractivity contribution in [1.29, 1.82) is 0 Å². The van der Waals surface area contributed by atoms with Gasteiger partial charge in [-0.15, -0.1) is 0 Å². The number of anilines is 2. The van der Waals surface area contributed by atoms with Crippen molar-refractivity contribution in [1.82, 2.24) is 24.6 Å². The monoisotopic (exact) mass is 472 g/mol. The Labute approximate surface area is 204 Å². The molecule has 0 amide bonds. The summed E-state index contributed by atoms with van der Waals surface area (Å²) in [5.74, 6) is 2.60. The quantitative estimate of drug-likeness (QED) is 0.421. The first-order valence-electron chi connectivity index (χ1n) is 11.5. The topological polar surface area (TPSA) is 97.6 Å². The van der Waals surface area contributed by atoms with Crippen molar-refractivity contribution in [2.75, 3.05) is 32.1 Å². The highest BCUT2D eigenvalue weighted by molar-refractivity contribution is 5.63. The van der Waals surface area contributed by atoms with Crippen LogP contribution < -0.4 is 14.8 Å². The number of aliphatic hydroxyl groups is 1. The highest BCUT2D eigenvalue weighted by Gasteiger charge is 2.25. The maximum atomic E-state index is 9.53. The van der Waals surface area contributed by atoms with Crippen LogP contribution >= 0.6 is 0 Å². The molecule has 0 aliphatic carbocycles. The van der Waals surface area contributed by atoms with Crippen LogP contribution in [0.4, 0.5) is 11.5 Å². The Morgan fingerprint density at radius 1 is 1.14 bits per heavy atom. The summed E-state index contributed by atoms with van der Waals surface area (Å²) >= 11 is 0. The number of pyridine rings is 1. The molecule has 0 bridgehead atoms. The zero-order valence-corrected chi connectivity index (χ0v) is 19.8. The van der Waals surface area contributed by atoms with Crippen LogP contribution in [0.5, 0.6) is 11.6 Å². The number of nitrogens with zero attached hydrogens (tertiary/aromatic N) is 5. The molecule has 2 aromatic carbocycles. The van der Waals surface area contributed by atoms with Gasteiger partial charge >= 0.3 is 0 Å². The van der Waals surface area contributed by atoms with Crippen molar-refractivity contribution in [3.8, 4) is 17.3 Å². The zero-order chi connectivity index (χ0) is 24.2. The first-order valence-corrected chi connectivity index (χ1v) is 11.5. The number of hydrogen-bond donors (Lipinski definition) is 2. The van der Waals surface area contributed by atoms with Crippen molar-refractivity contribution >= 4 is 11.5 Å². The fraction of sp³-hybridized carbons (Fsp3) is 0.269. The van der Waals surface area contributed by atoms with Gasteiger partial charge in [0, 0.05) is 37.0 Å². The molecule has 1 aliphatic rings. The Morgan fingerprint density at radius 2 is 2.00 bits per heavy atom. The summed E-state index contributed by atoms with van der Waals surface area (Å²) in [6, 6.07) is 19.8. The highest BCUT2D eigenvalue weighted by atomic mass is 16.5. The lowest BCUT2D eigenvalue weighted by Crippen LogP contribution is -2.30. The number of methoxy groups -OCH3 is 1. The predicted molar refractivity (Wildman–Crippen MR) is 132 cm³/mol. The first-order chi connectivity index (χ1) is 17.1. The maximum Gasteiger partial charge on any atom is 0.220 e. The second kappa shape index (κ2) is 10.1.